The van der Waals surface area contributed by atoms with Crippen molar-refractivity contribution < 1.29 is 9.66 Å². The van der Waals surface area contributed by atoms with E-state index >= 15 is 0 Å². The largest absolute Gasteiger partial charge is 0.490 e. The molecule has 1 aliphatic rings. The fraction of sp³-hybridized carbons (Fsp3) is 0.625. The Morgan fingerprint density at radius 3 is 2.73 bits per heavy atom. The number of nitro benzene ring substituents is 1. The Labute approximate surface area is 131 Å². The number of methoxy groups -OCH3 is 1. The molecule has 1 aliphatic heterocycles. The Balaban J connectivity index is 1.92. The first-order valence-electron chi connectivity index (χ1n) is 7.82. The normalized spacial score (nSPS) is 16.6. The lowest BCUT2D eigenvalue weighted by molar-refractivity contribution is -0.385. The van der Waals surface area contributed by atoms with E-state index in [1.807, 2.05) is 13.1 Å². The van der Waals surface area contributed by atoms with Gasteiger partial charge in [0, 0.05) is 12.6 Å². The molecule has 0 spiro atoms. The summed E-state index contributed by atoms with van der Waals surface area (Å²) in [5.74, 6) is 1.12. The van der Waals surface area contributed by atoms with Gasteiger partial charge in [-0.15, -0.1) is 0 Å². The van der Waals surface area contributed by atoms with Gasteiger partial charge in [-0.2, -0.15) is 0 Å². The number of ether oxygens (including phenoxy) is 1. The number of benzene rings is 1. The number of hydrogen-bond acceptors (Lipinski definition) is 5. The minimum absolute atomic E-state index is 0.0453. The zero-order valence-electron chi connectivity index (χ0n) is 13.4. The van der Waals surface area contributed by atoms with Crippen molar-refractivity contribution in [2.45, 2.75) is 25.8 Å². The van der Waals surface area contributed by atoms with Crippen LogP contribution in [-0.4, -0.2) is 43.6 Å². The average Bonchev–Trinajstić information content (AvgIpc) is 2.54. The summed E-state index contributed by atoms with van der Waals surface area (Å²) in [6.45, 7) is 3.97. The molecule has 1 aromatic carbocycles. The molecule has 1 saturated heterocycles. The van der Waals surface area contributed by atoms with E-state index in [0.29, 0.717) is 5.75 Å². The molecule has 2 rings (SSSR count). The zero-order valence-corrected chi connectivity index (χ0v) is 13.4. The topological polar surface area (TPSA) is 67.6 Å². The van der Waals surface area contributed by atoms with Crippen LogP contribution in [0.25, 0.3) is 0 Å². The predicted octanol–water partition coefficient (Wildman–Crippen LogP) is 2.42. The van der Waals surface area contributed by atoms with Crippen LogP contribution in [0.5, 0.6) is 5.75 Å². The fourth-order valence-electron chi connectivity index (χ4n) is 3.02. The summed E-state index contributed by atoms with van der Waals surface area (Å²) in [6.07, 6.45) is 3.65. The van der Waals surface area contributed by atoms with Gasteiger partial charge in [0.1, 0.15) is 0 Å². The molecule has 0 radical (unpaired) electrons. The van der Waals surface area contributed by atoms with E-state index in [-0.39, 0.29) is 10.6 Å². The number of nitrogens with one attached hydrogen (secondary N) is 1. The molecule has 0 atom stereocenters. The maximum absolute atomic E-state index is 11.1. The van der Waals surface area contributed by atoms with Gasteiger partial charge in [0.2, 0.25) is 0 Å². The van der Waals surface area contributed by atoms with Crippen LogP contribution in [0, 0.1) is 16.0 Å². The van der Waals surface area contributed by atoms with E-state index in [0.717, 1.165) is 37.7 Å². The summed E-state index contributed by atoms with van der Waals surface area (Å²) in [5.41, 5.74) is 1.02. The van der Waals surface area contributed by atoms with Crippen molar-refractivity contribution in [3.05, 3.63) is 33.9 Å². The zero-order chi connectivity index (χ0) is 15.9. The molecule has 1 fully saturated rings. The molecule has 6 heteroatoms. The van der Waals surface area contributed by atoms with E-state index in [2.05, 4.69) is 10.2 Å². The summed E-state index contributed by atoms with van der Waals surface area (Å²) < 4.78 is 5.04. The monoisotopic (exact) mass is 307 g/mol. The summed E-state index contributed by atoms with van der Waals surface area (Å²) >= 11 is 0. The Morgan fingerprint density at radius 1 is 1.41 bits per heavy atom. The minimum Gasteiger partial charge on any atom is -0.490 e. The Morgan fingerprint density at radius 2 is 2.14 bits per heavy atom. The van der Waals surface area contributed by atoms with Gasteiger partial charge >= 0.3 is 5.69 Å². The lowest BCUT2D eigenvalue weighted by Crippen LogP contribution is -2.34. The fourth-order valence-corrected chi connectivity index (χ4v) is 3.02. The molecule has 1 heterocycles. The lowest BCUT2D eigenvalue weighted by atomic mass is 9.93. The molecule has 0 unspecified atom stereocenters. The van der Waals surface area contributed by atoms with Crippen molar-refractivity contribution >= 4 is 5.69 Å². The average molecular weight is 307 g/mol. The number of likely N-dealkylation sites (tertiary alicyclic amines) is 1. The van der Waals surface area contributed by atoms with Crippen molar-refractivity contribution in [3.63, 3.8) is 0 Å². The standard InChI is InChI=1S/C16H25N3O3/c1-17-8-5-13-6-9-18(10-7-13)12-14-3-4-16(22-2)15(11-14)19(20)21/h3-4,11,13,17H,5-10,12H2,1-2H3. The molecule has 0 saturated carbocycles. The summed E-state index contributed by atoms with van der Waals surface area (Å²) in [7, 11) is 3.45. The Hall–Kier alpha value is -1.66. The van der Waals surface area contributed by atoms with Crippen molar-refractivity contribution in [2.24, 2.45) is 5.92 Å². The van der Waals surface area contributed by atoms with Crippen LogP contribution in [-0.2, 0) is 6.54 Å². The summed E-state index contributed by atoms with van der Waals surface area (Å²) in [5, 5.41) is 14.3. The number of piperidine rings is 1. The third kappa shape index (κ3) is 4.42. The SMILES string of the molecule is CNCCC1CCN(Cc2ccc(OC)c([N+](=O)[O-])c2)CC1. The van der Waals surface area contributed by atoms with Gasteiger partial charge < -0.3 is 10.1 Å². The molecule has 0 aliphatic carbocycles. The van der Waals surface area contributed by atoms with Crippen LogP contribution in [0.1, 0.15) is 24.8 Å². The second-order valence-electron chi connectivity index (χ2n) is 5.88. The molecule has 122 valence electrons. The van der Waals surface area contributed by atoms with Crippen LogP contribution in [0.3, 0.4) is 0 Å². The van der Waals surface area contributed by atoms with Gasteiger partial charge in [-0.1, -0.05) is 6.07 Å². The van der Waals surface area contributed by atoms with Gasteiger partial charge in [0.25, 0.3) is 0 Å². The molecule has 0 amide bonds. The molecular weight excluding hydrogens is 282 g/mol. The maximum Gasteiger partial charge on any atom is 0.311 e. The highest BCUT2D eigenvalue weighted by molar-refractivity contribution is 5.48. The minimum atomic E-state index is -0.383. The molecule has 6 nitrogen and oxygen atoms in total. The second-order valence-corrected chi connectivity index (χ2v) is 5.88. The van der Waals surface area contributed by atoms with Gasteiger partial charge in [-0.3, -0.25) is 15.0 Å². The van der Waals surface area contributed by atoms with Gasteiger partial charge in [0.05, 0.1) is 12.0 Å². The number of nitro groups is 1. The molecular formula is C16H25N3O3. The molecule has 22 heavy (non-hydrogen) atoms. The predicted molar refractivity (Wildman–Crippen MR) is 86.2 cm³/mol. The highest BCUT2D eigenvalue weighted by atomic mass is 16.6. The van der Waals surface area contributed by atoms with Crippen molar-refractivity contribution in [1.82, 2.24) is 10.2 Å². The second kappa shape index (κ2) is 8.10. The number of rotatable bonds is 7. The summed E-state index contributed by atoms with van der Waals surface area (Å²) in [6, 6.07) is 5.23. The first-order valence-corrected chi connectivity index (χ1v) is 7.82. The Bertz CT molecular complexity index is 499. The van der Waals surface area contributed by atoms with Gasteiger partial charge in [-0.25, -0.2) is 0 Å². The third-order valence-electron chi connectivity index (χ3n) is 4.36. The van der Waals surface area contributed by atoms with E-state index in [9.17, 15) is 10.1 Å². The molecule has 0 aromatic heterocycles. The molecule has 1 aromatic rings. The van der Waals surface area contributed by atoms with Crippen molar-refractivity contribution in [3.8, 4) is 5.75 Å². The number of hydrogen-bond donors (Lipinski definition) is 1. The maximum atomic E-state index is 11.1. The van der Waals surface area contributed by atoms with Gasteiger partial charge in [0.15, 0.2) is 5.75 Å². The van der Waals surface area contributed by atoms with E-state index < -0.39 is 0 Å². The smallest absolute Gasteiger partial charge is 0.311 e. The Kier molecular flexibility index (Phi) is 6.15. The highest BCUT2D eigenvalue weighted by Crippen LogP contribution is 2.29. The van der Waals surface area contributed by atoms with Crippen LogP contribution in [0.15, 0.2) is 18.2 Å². The number of nitrogens with zero attached hydrogens (tertiary/aromatic N) is 2. The first-order chi connectivity index (χ1) is 10.6. The summed E-state index contributed by atoms with van der Waals surface area (Å²) in [4.78, 5) is 13.1. The van der Waals surface area contributed by atoms with E-state index in [4.69, 9.17) is 4.74 Å². The van der Waals surface area contributed by atoms with Crippen LogP contribution in [0.2, 0.25) is 0 Å². The van der Waals surface area contributed by atoms with Crippen LogP contribution >= 0.6 is 0 Å². The van der Waals surface area contributed by atoms with Crippen LogP contribution in [0.4, 0.5) is 5.69 Å². The third-order valence-corrected chi connectivity index (χ3v) is 4.36. The highest BCUT2D eigenvalue weighted by Gasteiger charge is 2.20. The first kappa shape index (κ1) is 16.7. The van der Waals surface area contributed by atoms with E-state index in [1.54, 1.807) is 12.1 Å². The van der Waals surface area contributed by atoms with Gasteiger partial charge in [-0.05, 0) is 63.5 Å². The quantitative estimate of drug-likeness (QED) is 0.619. The molecule has 1 N–H and O–H groups in total. The molecule has 0 bridgehead atoms. The van der Waals surface area contributed by atoms with Crippen molar-refractivity contribution in [1.29, 1.82) is 0 Å². The van der Waals surface area contributed by atoms with Crippen LogP contribution < -0.4 is 10.1 Å². The lowest BCUT2D eigenvalue weighted by Gasteiger charge is -2.32. The van der Waals surface area contributed by atoms with Crippen molar-refractivity contribution in [2.75, 3.05) is 33.8 Å². The van der Waals surface area contributed by atoms with E-state index in [1.165, 1.54) is 26.4 Å².